The van der Waals surface area contributed by atoms with Gasteiger partial charge in [-0.1, -0.05) is 12.1 Å². The maximum Gasteiger partial charge on any atom is 0.333 e. The first-order valence-electron chi connectivity index (χ1n) is 13.1. The third-order valence-corrected chi connectivity index (χ3v) is 8.66. The van der Waals surface area contributed by atoms with Crippen molar-refractivity contribution >= 4 is 28.7 Å². The van der Waals surface area contributed by atoms with Crippen molar-refractivity contribution in [2.24, 2.45) is 5.73 Å². The fraction of sp³-hybridized carbons (Fsp3) is 0.481. The van der Waals surface area contributed by atoms with E-state index in [1.54, 1.807) is 28.8 Å². The summed E-state index contributed by atoms with van der Waals surface area (Å²) in [4.78, 5) is 44.0. The number of fused-ring (bicyclic) bond motifs is 1. The minimum atomic E-state index is -0.733. The molecular weight excluding hydrogens is 509 g/mol. The average molecular weight is 542 g/mol. The van der Waals surface area contributed by atoms with Crippen LogP contribution in [0.5, 0.6) is 5.75 Å². The molecule has 11 heteroatoms. The first kappa shape index (κ1) is 26.4. The predicted molar refractivity (Wildman–Crippen MR) is 145 cm³/mol. The van der Waals surface area contributed by atoms with Crippen molar-refractivity contribution in [3.63, 3.8) is 0 Å². The van der Waals surface area contributed by atoms with E-state index in [0.717, 1.165) is 36.1 Å². The maximum atomic E-state index is 14.1. The van der Waals surface area contributed by atoms with Gasteiger partial charge in [-0.25, -0.2) is 14.2 Å². The Kier molecular flexibility index (Phi) is 7.85. The topological polar surface area (TPSA) is 132 Å². The van der Waals surface area contributed by atoms with Crippen molar-refractivity contribution in [2.45, 2.75) is 69.1 Å². The zero-order valence-electron chi connectivity index (χ0n) is 21.0. The molecule has 1 aliphatic carbocycles. The number of halogens is 1. The molecule has 202 valence electrons. The Bertz CT molecular complexity index is 1430. The van der Waals surface area contributed by atoms with Gasteiger partial charge in [0.05, 0.1) is 17.6 Å². The van der Waals surface area contributed by atoms with E-state index in [9.17, 15) is 23.9 Å². The van der Waals surface area contributed by atoms with Gasteiger partial charge < -0.3 is 16.2 Å². The van der Waals surface area contributed by atoms with Gasteiger partial charge in [0.15, 0.2) is 0 Å². The molecule has 4 N–H and O–H groups in total. The summed E-state index contributed by atoms with van der Waals surface area (Å²) in [7, 11) is 0. The zero-order valence-corrected chi connectivity index (χ0v) is 21.8. The number of phenolic OH excluding ortho intramolecular Hbond substituents is 1. The quantitative estimate of drug-likeness (QED) is 0.437. The summed E-state index contributed by atoms with van der Waals surface area (Å²) in [5, 5.41) is 12.6. The lowest BCUT2D eigenvalue weighted by atomic mass is 9.90. The van der Waals surface area contributed by atoms with Gasteiger partial charge >= 0.3 is 5.69 Å². The molecule has 2 aliphatic rings. The van der Waals surface area contributed by atoms with E-state index in [1.165, 1.54) is 10.6 Å². The van der Waals surface area contributed by atoms with Crippen molar-refractivity contribution < 1.29 is 14.3 Å². The van der Waals surface area contributed by atoms with Gasteiger partial charge in [0.1, 0.15) is 17.2 Å². The smallest absolute Gasteiger partial charge is 0.333 e. The highest BCUT2D eigenvalue weighted by molar-refractivity contribution is 7.99. The van der Waals surface area contributed by atoms with E-state index in [0.29, 0.717) is 32.1 Å². The van der Waals surface area contributed by atoms with Gasteiger partial charge in [-0.15, -0.1) is 0 Å². The molecule has 5 rings (SSSR count). The van der Waals surface area contributed by atoms with Crippen LogP contribution in [0.25, 0.3) is 11.0 Å². The molecule has 38 heavy (non-hydrogen) atoms. The van der Waals surface area contributed by atoms with Gasteiger partial charge in [-0.05, 0) is 80.2 Å². The Morgan fingerprint density at radius 3 is 2.42 bits per heavy atom. The van der Waals surface area contributed by atoms with Crippen LogP contribution >= 0.6 is 11.8 Å². The maximum absolute atomic E-state index is 14.1. The number of carbonyl (C=O) groups is 1. The fourth-order valence-corrected chi connectivity index (χ4v) is 6.65. The van der Waals surface area contributed by atoms with E-state index >= 15 is 0 Å². The van der Waals surface area contributed by atoms with Crippen molar-refractivity contribution in [1.29, 1.82) is 0 Å². The number of amides is 1. The van der Waals surface area contributed by atoms with Crippen LogP contribution in [-0.2, 0) is 11.2 Å². The number of nitrogens with two attached hydrogens (primary N) is 1. The van der Waals surface area contributed by atoms with Crippen molar-refractivity contribution in [3.8, 4) is 5.75 Å². The molecule has 1 aromatic carbocycles. The molecule has 3 heterocycles. The number of rotatable bonds is 6. The summed E-state index contributed by atoms with van der Waals surface area (Å²) < 4.78 is 17.0. The van der Waals surface area contributed by atoms with Gasteiger partial charge in [-0.3, -0.25) is 18.7 Å². The molecule has 1 saturated carbocycles. The zero-order chi connectivity index (χ0) is 26.8. The second-order valence-electron chi connectivity index (χ2n) is 10.2. The van der Waals surface area contributed by atoms with E-state index in [2.05, 4.69) is 10.3 Å². The minimum Gasteiger partial charge on any atom is -0.508 e. The molecule has 0 spiro atoms. The number of pyridine rings is 1. The lowest BCUT2D eigenvalue weighted by Crippen LogP contribution is -2.49. The van der Waals surface area contributed by atoms with Crippen molar-refractivity contribution in [3.05, 3.63) is 68.7 Å². The Morgan fingerprint density at radius 2 is 1.74 bits per heavy atom. The first-order chi connectivity index (χ1) is 18.3. The Balaban J connectivity index is 1.32. The molecule has 3 aromatic rings. The van der Waals surface area contributed by atoms with Gasteiger partial charge in [0.2, 0.25) is 5.91 Å². The van der Waals surface area contributed by atoms with E-state index in [-0.39, 0.29) is 46.5 Å². The number of aromatic hydroxyl groups is 1. The lowest BCUT2D eigenvalue weighted by molar-refractivity contribution is -0.123. The molecule has 0 unspecified atom stereocenters. The number of hydrogen-bond donors (Lipinski definition) is 3. The summed E-state index contributed by atoms with van der Waals surface area (Å²) >= 11 is 1.83. The summed E-state index contributed by atoms with van der Waals surface area (Å²) in [6, 6.07) is 6.48. The van der Waals surface area contributed by atoms with Crippen LogP contribution in [-0.4, -0.2) is 48.7 Å². The standard InChI is InChI=1S/C27H32FN5O4S/c28-17-14-22-24(30-15-17)32(20-9-11-38-12-10-20)27(37)33(26(22)36)19-5-3-18(4-6-19)31-25(35)23(29)13-16-1-7-21(34)8-2-16/h1-2,7-8,14-15,18-20,23,34H,3-6,9-13,29H2,(H,31,35)/t18?,19?,23-/m0/s1. The number of thioether (sulfide) groups is 1. The van der Waals surface area contributed by atoms with Crippen LogP contribution in [0, 0.1) is 5.82 Å². The molecular formula is C27H32FN5O4S. The highest BCUT2D eigenvalue weighted by Gasteiger charge is 2.30. The molecule has 1 saturated heterocycles. The van der Waals surface area contributed by atoms with Gasteiger partial charge in [0, 0.05) is 18.1 Å². The highest BCUT2D eigenvalue weighted by atomic mass is 32.2. The fourth-order valence-electron chi connectivity index (χ4n) is 5.56. The number of nitrogens with one attached hydrogen (secondary N) is 1. The van der Waals surface area contributed by atoms with Crippen LogP contribution in [0.15, 0.2) is 46.1 Å². The summed E-state index contributed by atoms with van der Waals surface area (Å²) in [6.07, 6.45) is 5.23. The van der Waals surface area contributed by atoms with E-state index in [4.69, 9.17) is 5.73 Å². The lowest BCUT2D eigenvalue weighted by Gasteiger charge is -2.32. The Labute approximate surface area is 223 Å². The molecule has 0 radical (unpaired) electrons. The average Bonchev–Trinajstić information content (AvgIpc) is 2.92. The number of aromatic nitrogens is 3. The van der Waals surface area contributed by atoms with Crippen LogP contribution in [0.1, 0.15) is 56.2 Å². The summed E-state index contributed by atoms with van der Waals surface area (Å²) in [6.45, 7) is 0. The number of nitrogens with zero attached hydrogens (tertiary/aromatic N) is 3. The van der Waals surface area contributed by atoms with Crippen LogP contribution < -0.4 is 22.3 Å². The second-order valence-corrected chi connectivity index (χ2v) is 11.4. The minimum absolute atomic E-state index is 0.0817. The number of carbonyl (C=O) groups excluding carboxylic acids is 1. The van der Waals surface area contributed by atoms with Gasteiger partial charge in [0.25, 0.3) is 5.56 Å². The molecule has 1 atom stereocenters. The first-order valence-corrected chi connectivity index (χ1v) is 14.2. The molecule has 1 amide bonds. The molecule has 1 aliphatic heterocycles. The number of benzene rings is 1. The Hall–Kier alpha value is -3.18. The Morgan fingerprint density at radius 1 is 1.08 bits per heavy atom. The van der Waals surface area contributed by atoms with Gasteiger partial charge in [-0.2, -0.15) is 11.8 Å². The molecule has 0 bridgehead atoms. The molecule has 9 nitrogen and oxygen atoms in total. The number of hydrogen-bond acceptors (Lipinski definition) is 7. The van der Waals surface area contributed by atoms with Crippen LogP contribution in [0.2, 0.25) is 0 Å². The van der Waals surface area contributed by atoms with Crippen molar-refractivity contribution in [2.75, 3.05) is 11.5 Å². The predicted octanol–water partition coefficient (Wildman–Crippen LogP) is 2.64. The number of phenols is 1. The third kappa shape index (κ3) is 5.49. The van der Waals surface area contributed by atoms with Crippen molar-refractivity contribution in [1.82, 2.24) is 19.4 Å². The molecule has 2 aromatic heterocycles. The van der Waals surface area contributed by atoms with Crippen LogP contribution in [0.3, 0.4) is 0 Å². The largest absolute Gasteiger partial charge is 0.508 e. The summed E-state index contributed by atoms with van der Waals surface area (Å²) in [5.74, 6) is 1.11. The molecule has 2 fully saturated rings. The van der Waals surface area contributed by atoms with E-state index in [1.807, 2.05) is 11.8 Å². The normalized spacial score (nSPS) is 21.3. The SMILES string of the molecule is N[C@@H](Cc1ccc(O)cc1)C(=O)NC1CCC(n2c(=O)c3cc(F)cnc3n(C3CCSCC3)c2=O)CC1. The third-order valence-electron chi connectivity index (χ3n) is 7.62. The van der Waals surface area contributed by atoms with E-state index < -0.39 is 17.4 Å². The van der Waals surface area contributed by atoms with Crippen LogP contribution in [0.4, 0.5) is 4.39 Å². The monoisotopic (exact) mass is 541 g/mol. The summed E-state index contributed by atoms with van der Waals surface area (Å²) in [5.41, 5.74) is 6.31. The second kappa shape index (κ2) is 11.3. The highest BCUT2D eigenvalue weighted by Crippen LogP contribution is 2.30.